The SMILES string of the molecule is CC(=O)O.Oc1[nH]c2ccccc2c1N=Nc1ncnc2c1oc1ccccc12. The summed E-state index contributed by atoms with van der Waals surface area (Å²) in [6.45, 7) is 1.08. The molecule has 0 spiro atoms. The molecule has 0 amide bonds. The molecule has 5 rings (SSSR count). The van der Waals surface area contributed by atoms with Gasteiger partial charge in [-0.3, -0.25) is 4.79 Å². The maximum atomic E-state index is 10.1. The van der Waals surface area contributed by atoms with Crippen molar-refractivity contribution in [2.75, 3.05) is 0 Å². The van der Waals surface area contributed by atoms with Gasteiger partial charge in [0.15, 0.2) is 11.3 Å². The normalized spacial score (nSPS) is 11.2. The van der Waals surface area contributed by atoms with Crippen LogP contribution in [0.2, 0.25) is 0 Å². The molecule has 0 unspecified atom stereocenters. The number of aromatic amines is 1. The lowest BCUT2D eigenvalue weighted by molar-refractivity contribution is -0.134. The molecule has 0 fully saturated rings. The molecular formula is C20H15N5O4. The van der Waals surface area contributed by atoms with Crippen LogP contribution in [0.1, 0.15) is 6.92 Å². The molecule has 9 nitrogen and oxygen atoms in total. The largest absolute Gasteiger partial charge is 0.493 e. The van der Waals surface area contributed by atoms with Gasteiger partial charge in [-0.2, -0.15) is 0 Å². The maximum Gasteiger partial charge on any atom is 0.300 e. The van der Waals surface area contributed by atoms with E-state index < -0.39 is 5.97 Å². The van der Waals surface area contributed by atoms with Gasteiger partial charge in [-0.05, 0) is 18.2 Å². The molecular weight excluding hydrogens is 374 g/mol. The van der Waals surface area contributed by atoms with E-state index in [0.717, 1.165) is 23.2 Å². The Morgan fingerprint density at radius 1 is 1.03 bits per heavy atom. The quantitative estimate of drug-likeness (QED) is 0.360. The predicted octanol–water partition coefficient (Wildman–Crippen LogP) is 5.07. The molecule has 3 aromatic heterocycles. The van der Waals surface area contributed by atoms with Crippen LogP contribution in [-0.4, -0.2) is 31.1 Å². The van der Waals surface area contributed by atoms with Gasteiger partial charge in [0.2, 0.25) is 11.7 Å². The number of carboxylic acids is 1. The second-order valence-electron chi connectivity index (χ2n) is 6.06. The van der Waals surface area contributed by atoms with Gasteiger partial charge in [-0.1, -0.05) is 30.3 Å². The Morgan fingerprint density at radius 3 is 2.52 bits per heavy atom. The number of aliphatic carboxylic acids is 1. The summed E-state index contributed by atoms with van der Waals surface area (Å²) in [5.74, 6) is -0.564. The molecule has 29 heavy (non-hydrogen) atoms. The molecule has 0 radical (unpaired) electrons. The van der Waals surface area contributed by atoms with Crippen LogP contribution in [0.25, 0.3) is 33.0 Å². The standard InChI is InChI=1S/C18H11N5O2.C2H4O2/c24-18-15(10-5-1-3-7-12(10)21-18)22-23-17-16-14(19-9-20-17)11-6-2-4-8-13(11)25-16;1-2(3)4/h1-9,21,24H;1H3,(H,3,4). The minimum absolute atomic E-state index is 0.0418. The average molecular weight is 389 g/mol. The second kappa shape index (κ2) is 7.39. The van der Waals surface area contributed by atoms with Crippen molar-refractivity contribution in [2.24, 2.45) is 10.2 Å². The number of aromatic nitrogens is 3. The number of para-hydroxylation sites is 2. The number of nitrogens with zero attached hydrogens (tertiary/aromatic N) is 4. The van der Waals surface area contributed by atoms with Crippen LogP contribution in [0.5, 0.6) is 5.88 Å². The van der Waals surface area contributed by atoms with E-state index in [0.29, 0.717) is 28.2 Å². The van der Waals surface area contributed by atoms with Gasteiger partial charge in [0.25, 0.3) is 5.97 Å². The number of benzene rings is 2. The zero-order valence-electron chi connectivity index (χ0n) is 15.2. The summed E-state index contributed by atoms with van der Waals surface area (Å²) in [5, 5.41) is 27.5. The topological polar surface area (TPSA) is 137 Å². The summed E-state index contributed by atoms with van der Waals surface area (Å²) in [6, 6.07) is 15.1. The van der Waals surface area contributed by atoms with Crippen molar-refractivity contribution in [1.29, 1.82) is 0 Å². The van der Waals surface area contributed by atoms with Gasteiger partial charge in [-0.25, -0.2) is 9.97 Å². The highest BCUT2D eigenvalue weighted by Crippen LogP contribution is 2.37. The molecule has 0 aliphatic heterocycles. The number of hydrogen-bond donors (Lipinski definition) is 3. The minimum atomic E-state index is -0.833. The lowest BCUT2D eigenvalue weighted by atomic mass is 10.2. The van der Waals surface area contributed by atoms with Crippen LogP contribution in [0, 0.1) is 0 Å². The van der Waals surface area contributed by atoms with Crippen molar-refractivity contribution in [3.63, 3.8) is 0 Å². The lowest BCUT2D eigenvalue weighted by Gasteiger charge is -1.93. The minimum Gasteiger partial charge on any atom is -0.493 e. The Kier molecular flexibility index (Phi) is 4.62. The van der Waals surface area contributed by atoms with E-state index in [1.165, 1.54) is 6.33 Å². The summed E-state index contributed by atoms with van der Waals surface area (Å²) in [5.41, 5.74) is 3.00. The Bertz CT molecular complexity index is 1370. The van der Waals surface area contributed by atoms with Gasteiger partial charge in [-0.15, -0.1) is 10.2 Å². The molecule has 0 saturated heterocycles. The van der Waals surface area contributed by atoms with E-state index in [4.69, 9.17) is 14.3 Å². The third-order valence-corrected chi connectivity index (χ3v) is 4.04. The van der Waals surface area contributed by atoms with Crippen LogP contribution < -0.4 is 0 Å². The first kappa shape index (κ1) is 18.1. The fourth-order valence-electron chi connectivity index (χ4n) is 2.89. The van der Waals surface area contributed by atoms with E-state index in [2.05, 4.69) is 25.2 Å². The van der Waals surface area contributed by atoms with Gasteiger partial charge in [0, 0.05) is 17.7 Å². The maximum absolute atomic E-state index is 10.1. The number of carbonyl (C=O) groups is 1. The Hall–Kier alpha value is -4.27. The first-order valence-electron chi connectivity index (χ1n) is 8.58. The van der Waals surface area contributed by atoms with E-state index in [-0.39, 0.29) is 5.88 Å². The molecule has 3 N–H and O–H groups in total. The number of furan rings is 1. The molecule has 0 saturated carbocycles. The number of nitrogens with one attached hydrogen (secondary N) is 1. The summed E-state index contributed by atoms with van der Waals surface area (Å²) < 4.78 is 5.82. The van der Waals surface area contributed by atoms with Crippen LogP contribution >= 0.6 is 0 Å². The molecule has 2 aromatic carbocycles. The molecule has 5 aromatic rings. The Morgan fingerprint density at radius 2 is 1.72 bits per heavy atom. The smallest absolute Gasteiger partial charge is 0.300 e. The summed E-state index contributed by atoms with van der Waals surface area (Å²) in [6.07, 6.45) is 1.42. The highest BCUT2D eigenvalue weighted by atomic mass is 16.4. The van der Waals surface area contributed by atoms with Crippen molar-refractivity contribution >= 4 is 50.4 Å². The number of azo groups is 1. The van der Waals surface area contributed by atoms with Crippen LogP contribution in [-0.2, 0) is 4.79 Å². The third kappa shape index (κ3) is 3.48. The molecule has 0 bridgehead atoms. The van der Waals surface area contributed by atoms with Crippen LogP contribution in [0.4, 0.5) is 11.5 Å². The molecule has 0 aliphatic rings. The summed E-state index contributed by atoms with van der Waals surface area (Å²) >= 11 is 0. The second-order valence-corrected chi connectivity index (χ2v) is 6.06. The van der Waals surface area contributed by atoms with Crippen molar-refractivity contribution in [2.45, 2.75) is 6.92 Å². The van der Waals surface area contributed by atoms with Crippen molar-refractivity contribution in [1.82, 2.24) is 15.0 Å². The number of carboxylic acid groups (broad SMARTS) is 1. The van der Waals surface area contributed by atoms with E-state index in [9.17, 15) is 5.11 Å². The summed E-state index contributed by atoms with van der Waals surface area (Å²) in [7, 11) is 0. The Labute approximate surface area is 163 Å². The lowest BCUT2D eigenvalue weighted by Crippen LogP contribution is -1.78. The first-order valence-corrected chi connectivity index (χ1v) is 8.58. The van der Waals surface area contributed by atoms with Crippen molar-refractivity contribution in [3.05, 3.63) is 54.9 Å². The number of H-pyrrole nitrogens is 1. The third-order valence-electron chi connectivity index (χ3n) is 4.04. The predicted molar refractivity (Wildman–Crippen MR) is 107 cm³/mol. The highest BCUT2D eigenvalue weighted by Gasteiger charge is 2.14. The molecule has 0 atom stereocenters. The van der Waals surface area contributed by atoms with Crippen molar-refractivity contribution in [3.8, 4) is 5.88 Å². The molecule has 0 aliphatic carbocycles. The van der Waals surface area contributed by atoms with Crippen LogP contribution in [0.15, 0.2) is 69.5 Å². The van der Waals surface area contributed by atoms with Gasteiger partial charge >= 0.3 is 0 Å². The Balaban J connectivity index is 0.000000472. The first-order chi connectivity index (χ1) is 14.0. The van der Waals surface area contributed by atoms with Gasteiger partial charge < -0.3 is 19.6 Å². The van der Waals surface area contributed by atoms with E-state index in [1.807, 2.05) is 48.5 Å². The van der Waals surface area contributed by atoms with Crippen LogP contribution in [0.3, 0.4) is 0 Å². The fraction of sp³-hybridized carbons (Fsp3) is 0.0500. The zero-order chi connectivity index (χ0) is 20.4. The molecule has 3 heterocycles. The van der Waals surface area contributed by atoms with E-state index in [1.54, 1.807) is 0 Å². The molecule has 144 valence electrons. The fourth-order valence-corrected chi connectivity index (χ4v) is 2.89. The average Bonchev–Trinajstić information content (AvgIpc) is 3.23. The van der Waals surface area contributed by atoms with E-state index >= 15 is 0 Å². The number of hydrogen-bond acceptors (Lipinski definition) is 7. The highest BCUT2D eigenvalue weighted by molar-refractivity contribution is 6.05. The van der Waals surface area contributed by atoms with Gasteiger partial charge in [0.1, 0.15) is 17.4 Å². The number of rotatable bonds is 2. The summed E-state index contributed by atoms with van der Waals surface area (Å²) in [4.78, 5) is 20.3. The van der Waals surface area contributed by atoms with Crippen molar-refractivity contribution < 1.29 is 19.4 Å². The molecule has 9 heteroatoms. The monoisotopic (exact) mass is 389 g/mol. The van der Waals surface area contributed by atoms with Gasteiger partial charge in [0.05, 0.1) is 5.52 Å². The number of aromatic hydroxyl groups is 1. The number of fused-ring (bicyclic) bond motifs is 4. The zero-order valence-corrected chi connectivity index (χ0v) is 15.2.